The van der Waals surface area contributed by atoms with Gasteiger partial charge < -0.3 is 14.7 Å². The minimum absolute atomic E-state index is 0.286. The number of hydrogen-bond acceptors (Lipinski definition) is 4. The van der Waals surface area contributed by atoms with Crippen molar-refractivity contribution in [1.29, 1.82) is 0 Å². The lowest BCUT2D eigenvalue weighted by Crippen LogP contribution is -2.32. The highest BCUT2D eigenvalue weighted by Crippen LogP contribution is 2.01. The van der Waals surface area contributed by atoms with Crippen molar-refractivity contribution in [3.8, 4) is 0 Å². The van der Waals surface area contributed by atoms with E-state index in [2.05, 4.69) is 6.92 Å². The van der Waals surface area contributed by atoms with Crippen molar-refractivity contribution < 1.29 is 14.6 Å². The molecule has 0 bridgehead atoms. The molecule has 0 aromatic heterocycles. The summed E-state index contributed by atoms with van der Waals surface area (Å²) in [6.07, 6.45) is 5.74. The van der Waals surface area contributed by atoms with E-state index in [9.17, 15) is 9.90 Å². The number of hydrogen-bond donors (Lipinski definition) is 1. The van der Waals surface area contributed by atoms with Crippen LogP contribution in [0.3, 0.4) is 0 Å². The molecule has 0 aliphatic heterocycles. The number of esters is 1. The summed E-state index contributed by atoms with van der Waals surface area (Å²) < 4.78 is 4.97. The number of allylic oxidation sites excluding steroid dienone is 1. The Balaban J connectivity index is 3.58. The smallest absolute Gasteiger partial charge is 0.330 e. The second kappa shape index (κ2) is 10.3. The molecular weight excluding hydrogens is 218 g/mol. The summed E-state index contributed by atoms with van der Waals surface area (Å²) in [5.74, 6) is -0.313. The zero-order valence-electron chi connectivity index (χ0n) is 11.2. The fourth-order valence-corrected chi connectivity index (χ4v) is 1.47. The van der Waals surface area contributed by atoms with E-state index in [-0.39, 0.29) is 12.1 Å². The first-order valence-corrected chi connectivity index (χ1v) is 6.26. The number of carbonyl (C=O) groups is 1. The Hall–Kier alpha value is -0.870. The fraction of sp³-hybridized carbons (Fsp3) is 0.769. The maximum Gasteiger partial charge on any atom is 0.330 e. The van der Waals surface area contributed by atoms with Crippen molar-refractivity contribution in [3.05, 3.63) is 12.2 Å². The van der Waals surface area contributed by atoms with Crippen LogP contribution in [0.15, 0.2) is 12.2 Å². The topological polar surface area (TPSA) is 49.8 Å². The average Bonchev–Trinajstić information content (AvgIpc) is 2.26. The van der Waals surface area contributed by atoms with Gasteiger partial charge in [0.15, 0.2) is 0 Å². The summed E-state index contributed by atoms with van der Waals surface area (Å²) in [6.45, 7) is 5.52. The Labute approximate surface area is 104 Å². The molecule has 0 spiro atoms. The molecule has 1 unspecified atom stereocenters. The van der Waals surface area contributed by atoms with Gasteiger partial charge in [0.1, 0.15) is 6.61 Å². The first kappa shape index (κ1) is 16.1. The summed E-state index contributed by atoms with van der Waals surface area (Å²) >= 11 is 0. The van der Waals surface area contributed by atoms with Gasteiger partial charge in [-0.2, -0.15) is 0 Å². The number of rotatable bonds is 9. The number of aliphatic hydroxyl groups is 1. The quantitative estimate of drug-likeness (QED) is 0.493. The molecule has 1 atom stereocenters. The normalized spacial score (nSPS) is 13.2. The molecule has 17 heavy (non-hydrogen) atoms. The Morgan fingerprint density at radius 1 is 1.53 bits per heavy atom. The van der Waals surface area contributed by atoms with Crippen LogP contribution in [-0.2, 0) is 9.53 Å². The summed E-state index contributed by atoms with van der Waals surface area (Å²) in [4.78, 5) is 13.0. The molecule has 0 aromatic carbocycles. The number of likely N-dealkylation sites (N-methyl/N-ethyl adjacent to an activating group) is 1. The molecule has 0 saturated carbocycles. The van der Waals surface area contributed by atoms with Gasteiger partial charge in [-0.05, 0) is 20.4 Å². The Bertz CT molecular complexity index is 229. The highest BCUT2D eigenvalue weighted by Gasteiger charge is 2.07. The standard InChI is InChI=1S/C13H25NO3/c1-4-6-8-12(15)11-14(3)9-10-17-13(16)7-5-2/h5,7,12,15H,4,6,8-11H2,1-3H3/b7-5+. The molecule has 0 heterocycles. The molecule has 0 radical (unpaired) electrons. The van der Waals surface area contributed by atoms with Crippen molar-refractivity contribution >= 4 is 5.97 Å². The molecule has 1 N–H and O–H groups in total. The molecule has 0 aliphatic carbocycles. The van der Waals surface area contributed by atoms with Crippen LogP contribution in [0.2, 0.25) is 0 Å². The van der Waals surface area contributed by atoms with E-state index in [1.54, 1.807) is 13.0 Å². The van der Waals surface area contributed by atoms with Crippen molar-refractivity contribution in [2.45, 2.75) is 39.2 Å². The van der Waals surface area contributed by atoms with Gasteiger partial charge >= 0.3 is 5.97 Å². The van der Waals surface area contributed by atoms with Gasteiger partial charge in [-0.3, -0.25) is 0 Å². The minimum Gasteiger partial charge on any atom is -0.461 e. The lowest BCUT2D eigenvalue weighted by Gasteiger charge is -2.20. The molecule has 0 aromatic rings. The van der Waals surface area contributed by atoms with Gasteiger partial charge in [-0.15, -0.1) is 0 Å². The maximum absolute atomic E-state index is 11.0. The fourth-order valence-electron chi connectivity index (χ4n) is 1.47. The number of aliphatic hydroxyl groups excluding tert-OH is 1. The summed E-state index contributed by atoms with van der Waals surface area (Å²) in [6, 6.07) is 0. The van der Waals surface area contributed by atoms with E-state index >= 15 is 0 Å². The van der Waals surface area contributed by atoms with Crippen LogP contribution in [-0.4, -0.2) is 48.8 Å². The molecule has 0 rings (SSSR count). The molecular formula is C13H25NO3. The third-order valence-corrected chi connectivity index (χ3v) is 2.43. The lowest BCUT2D eigenvalue weighted by molar-refractivity contribution is -0.138. The van der Waals surface area contributed by atoms with Crippen LogP contribution in [0.1, 0.15) is 33.1 Å². The SMILES string of the molecule is C/C=C/C(=O)OCCN(C)CC(O)CCCC. The van der Waals surface area contributed by atoms with Crippen molar-refractivity contribution in [1.82, 2.24) is 4.90 Å². The predicted octanol–water partition coefficient (Wildman–Crippen LogP) is 1.59. The van der Waals surface area contributed by atoms with E-state index in [4.69, 9.17) is 4.74 Å². The Morgan fingerprint density at radius 2 is 2.24 bits per heavy atom. The number of unbranched alkanes of at least 4 members (excludes halogenated alkanes) is 1. The van der Waals surface area contributed by atoms with Gasteiger partial charge in [-0.25, -0.2) is 4.79 Å². The monoisotopic (exact) mass is 243 g/mol. The molecule has 0 saturated heterocycles. The van der Waals surface area contributed by atoms with Crippen LogP contribution in [0, 0.1) is 0 Å². The third kappa shape index (κ3) is 10.0. The first-order chi connectivity index (χ1) is 8.10. The van der Waals surface area contributed by atoms with Gasteiger partial charge in [-0.1, -0.05) is 25.8 Å². The largest absolute Gasteiger partial charge is 0.461 e. The average molecular weight is 243 g/mol. The van der Waals surface area contributed by atoms with E-state index < -0.39 is 0 Å². The third-order valence-electron chi connectivity index (χ3n) is 2.43. The molecule has 0 amide bonds. The van der Waals surface area contributed by atoms with Gasteiger partial charge in [0.2, 0.25) is 0 Å². The Kier molecular flexibility index (Phi) is 9.77. The molecule has 0 fully saturated rings. The minimum atomic E-state index is -0.313. The number of ether oxygens (including phenoxy) is 1. The lowest BCUT2D eigenvalue weighted by atomic mass is 10.1. The number of nitrogens with zero attached hydrogens (tertiary/aromatic N) is 1. The van der Waals surface area contributed by atoms with Gasteiger partial charge in [0.05, 0.1) is 6.10 Å². The molecule has 4 nitrogen and oxygen atoms in total. The van der Waals surface area contributed by atoms with Crippen LogP contribution < -0.4 is 0 Å². The Morgan fingerprint density at radius 3 is 2.82 bits per heavy atom. The molecule has 0 aliphatic rings. The first-order valence-electron chi connectivity index (χ1n) is 6.26. The van der Waals surface area contributed by atoms with Crippen LogP contribution in [0.5, 0.6) is 0 Å². The summed E-state index contributed by atoms with van der Waals surface area (Å²) in [5.41, 5.74) is 0. The second-order valence-electron chi connectivity index (χ2n) is 4.23. The van der Waals surface area contributed by atoms with Gasteiger partial charge in [0, 0.05) is 19.2 Å². The van der Waals surface area contributed by atoms with Crippen LogP contribution in [0.4, 0.5) is 0 Å². The van der Waals surface area contributed by atoms with E-state index in [0.29, 0.717) is 19.7 Å². The van der Waals surface area contributed by atoms with Crippen molar-refractivity contribution in [3.63, 3.8) is 0 Å². The van der Waals surface area contributed by atoms with Crippen molar-refractivity contribution in [2.24, 2.45) is 0 Å². The van der Waals surface area contributed by atoms with Crippen molar-refractivity contribution in [2.75, 3.05) is 26.7 Å². The van der Waals surface area contributed by atoms with Crippen LogP contribution >= 0.6 is 0 Å². The maximum atomic E-state index is 11.0. The van der Waals surface area contributed by atoms with E-state index in [1.807, 2.05) is 11.9 Å². The molecule has 4 heteroatoms. The van der Waals surface area contributed by atoms with E-state index in [1.165, 1.54) is 6.08 Å². The van der Waals surface area contributed by atoms with Gasteiger partial charge in [0.25, 0.3) is 0 Å². The highest BCUT2D eigenvalue weighted by molar-refractivity contribution is 5.81. The summed E-state index contributed by atoms with van der Waals surface area (Å²) in [7, 11) is 1.92. The zero-order valence-corrected chi connectivity index (χ0v) is 11.2. The zero-order chi connectivity index (χ0) is 13.1. The molecule has 100 valence electrons. The predicted molar refractivity (Wildman–Crippen MR) is 68.8 cm³/mol. The van der Waals surface area contributed by atoms with E-state index in [0.717, 1.165) is 19.3 Å². The summed E-state index contributed by atoms with van der Waals surface area (Å²) in [5, 5.41) is 9.68. The highest BCUT2D eigenvalue weighted by atomic mass is 16.5. The van der Waals surface area contributed by atoms with Crippen LogP contribution in [0.25, 0.3) is 0 Å². The number of carbonyl (C=O) groups excluding carboxylic acids is 1. The second-order valence-corrected chi connectivity index (χ2v) is 4.23.